The molecule has 90 valence electrons. The minimum atomic E-state index is -0.426. The zero-order chi connectivity index (χ0) is 12.1. The van der Waals surface area contributed by atoms with Crippen LogP contribution in [0.25, 0.3) is 0 Å². The lowest BCUT2D eigenvalue weighted by Gasteiger charge is -2.12. The number of hydrogen-bond acceptors (Lipinski definition) is 5. The Morgan fingerprint density at radius 1 is 1.69 bits per heavy atom. The van der Waals surface area contributed by atoms with E-state index in [0.717, 1.165) is 5.69 Å². The molecule has 0 fully saturated rings. The molecule has 0 saturated carbocycles. The summed E-state index contributed by atoms with van der Waals surface area (Å²) in [5.41, 5.74) is 0.723. The molecule has 0 aromatic carbocycles. The van der Waals surface area contributed by atoms with E-state index < -0.39 is 6.10 Å². The Bertz CT molecular complexity index is 352. The second-order valence-electron chi connectivity index (χ2n) is 3.64. The maximum Gasteiger partial charge on any atom is 0.236 e. The van der Waals surface area contributed by atoms with E-state index in [1.54, 1.807) is 19.9 Å². The Morgan fingerprint density at radius 2 is 2.38 bits per heavy atom. The van der Waals surface area contributed by atoms with Gasteiger partial charge in [0.2, 0.25) is 11.8 Å². The minimum Gasteiger partial charge on any atom is -0.392 e. The van der Waals surface area contributed by atoms with Crippen LogP contribution in [0.15, 0.2) is 10.6 Å². The summed E-state index contributed by atoms with van der Waals surface area (Å²) in [5, 5.41) is 15.5. The molecule has 5 nitrogen and oxygen atoms in total. The summed E-state index contributed by atoms with van der Waals surface area (Å²) in [5.74, 6) is 0.479. The van der Waals surface area contributed by atoms with Crippen LogP contribution in [0.1, 0.15) is 19.5 Å². The van der Waals surface area contributed by atoms with Crippen LogP contribution in [-0.4, -0.2) is 33.3 Å². The molecule has 0 aliphatic carbocycles. The van der Waals surface area contributed by atoms with Gasteiger partial charge in [-0.05, 0) is 13.8 Å². The summed E-state index contributed by atoms with van der Waals surface area (Å²) in [4.78, 5) is 11.4. The number of nitrogens with one attached hydrogen (secondary N) is 1. The summed E-state index contributed by atoms with van der Waals surface area (Å²) in [6.45, 7) is 5.36. The number of aryl methyl sites for hydroxylation is 1. The molecule has 1 aromatic rings. The molecule has 1 amide bonds. The molecule has 2 atom stereocenters. The quantitative estimate of drug-likeness (QED) is 0.819. The van der Waals surface area contributed by atoms with Gasteiger partial charge in [-0.3, -0.25) is 10.1 Å². The lowest BCUT2D eigenvalue weighted by Crippen LogP contribution is -2.20. The average Bonchev–Trinajstić information content (AvgIpc) is 2.60. The molecule has 0 aliphatic rings. The summed E-state index contributed by atoms with van der Waals surface area (Å²) < 4.78 is 4.85. The molecule has 0 aliphatic heterocycles. The monoisotopic (exact) mass is 244 g/mol. The first-order valence-corrected chi connectivity index (χ1v) is 6.06. The molecule has 1 aromatic heterocycles. The Morgan fingerprint density at radius 3 is 2.88 bits per heavy atom. The van der Waals surface area contributed by atoms with Crippen molar-refractivity contribution in [2.45, 2.75) is 32.1 Å². The number of thioether (sulfide) groups is 1. The fourth-order valence-corrected chi connectivity index (χ4v) is 1.71. The third kappa shape index (κ3) is 4.24. The summed E-state index contributed by atoms with van der Waals surface area (Å²) >= 11 is 1.39. The number of hydrogen-bond donors (Lipinski definition) is 2. The van der Waals surface area contributed by atoms with Gasteiger partial charge in [-0.2, -0.15) is 0 Å². The molecule has 0 spiro atoms. The van der Waals surface area contributed by atoms with Gasteiger partial charge in [-0.15, -0.1) is 11.8 Å². The van der Waals surface area contributed by atoms with Crippen molar-refractivity contribution in [3.8, 4) is 0 Å². The highest BCUT2D eigenvalue weighted by molar-refractivity contribution is 8.00. The first-order chi connectivity index (χ1) is 7.49. The number of rotatable bonds is 5. The lowest BCUT2D eigenvalue weighted by molar-refractivity contribution is -0.113. The molecule has 1 heterocycles. The highest BCUT2D eigenvalue weighted by Crippen LogP contribution is 2.15. The molecular formula is C10H16N2O3S. The van der Waals surface area contributed by atoms with Crippen LogP contribution in [0.4, 0.5) is 5.88 Å². The number of nitrogens with zero attached hydrogens (tertiary/aromatic N) is 1. The fourth-order valence-electron chi connectivity index (χ4n) is 0.942. The normalized spacial score (nSPS) is 14.5. The van der Waals surface area contributed by atoms with Gasteiger partial charge < -0.3 is 9.63 Å². The average molecular weight is 244 g/mol. The second-order valence-corrected chi connectivity index (χ2v) is 5.00. The molecule has 0 saturated heterocycles. The van der Waals surface area contributed by atoms with Crippen LogP contribution in [0.3, 0.4) is 0 Å². The van der Waals surface area contributed by atoms with E-state index in [2.05, 4.69) is 10.5 Å². The highest BCUT2D eigenvalue weighted by atomic mass is 32.2. The summed E-state index contributed by atoms with van der Waals surface area (Å²) in [6, 6.07) is 1.65. The maximum atomic E-state index is 11.4. The highest BCUT2D eigenvalue weighted by Gasteiger charge is 2.12. The molecule has 0 radical (unpaired) electrons. The van der Waals surface area contributed by atoms with Crippen molar-refractivity contribution in [3.63, 3.8) is 0 Å². The van der Waals surface area contributed by atoms with Crippen molar-refractivity contribution >= 4 is 23.6 Å². The van der Waals surface area contributed by atoms with Crippen LogP contribution in [0, 0.1) is 6.92 Å². The zero-order valence-corrected chi connectivity index (χ0v) is 10.4. The first-order valence-electron chi connectivity index (χ1n) is 5.02. The van der Waals surface area contributed by atoms with E-state index >= 15 is 0 Å². The van der Waals surface area contributed by atoms with Crippen molar-refractivity contribution < 1.29 is 14.4 Å². The van der Waals surface area contributed by atoms with E-state index in [1.165, 1.54) is 11.8 Å². The van der Waals surface area contributed by atoms with Crippen LogP contribution in [0.5, 0.6) is 0 Å². The van der Waals surface area contributed by atoms with Crippen LogP contribution in [0.2, 0.25) is 0 Å². The number of carbonyl (C=O) groups is 1. The summed E-state index contributed by atoms with van der Waals surface area (Å²) in [6.07, 6.45) is -0.426. The smallest absolute Gasteiger partial charge is 0.236 e. The van der Waals surface area contributed by atoms with Crippen molar-refractivity contribution in [1.29, 1.82) is 0 Å². The zero-order valence-electron chi connectivity index (χ0n) is 9.56. The van der Waals surface area contributed by atoms with E-state index in [-0.39, 0.29) is 16.9 Å². The minimum absolute atomic E-state index is 0.0298. The SMILES string of the molecule is Cc1cc(NC(=O)CSC(C)C(C)O)on1. The molecule has 16 heavy (non-hydrogen) atoms. The maximum absolute atomic E-state index is 11.4. The third-order valence-electron chi connectivity index (χ3n) is 2.05. The van der Waals surface area contributed by atoms with Crippen LogP contribution < -0.4 is 5.32 Å². The number of aromatic nitrogens is 1. The van der Waals surface area contributed by atoms with Crippen LogP contribution in [-0.2, 0) is 4.79 Å². The second kappa shape index (κ2) is 5.91. The Hall–Kier alpha value is -1.01. The molecular weight excluding hydrogens is 228 g/mol. The van der Waals surface area contributed by atoms with Gasteiger partial charge in [0.05, 0.1) is 17.6 Å². The number of amides is 1. The molecule has 6 heteroatoms. The third-order valence-corrected chi connectivity index (χ3v) is 3.40. The van der Waals surface area contributed by atoms with Crippen molar-refractivity contribution in [3.05, 3.63) is 11.8 Å². The van der Waals surface area contributed by atoms with E-state index in [9.17, 15) is 9.90 Å². The van der Waals surface area contributed by atoms with Gasteiger partial charge in [0.25, 0.3) is 0 Å². The van der Waals surface area contributed by atoms with Gasteiger partial charge in [-0.25, -0.2) is 0 Å². The molecule has 2 unspecified atom stereocenters. The predicted octanol–water partition coefficient (Wildman–Crippen LogP) is 1.42. The largest absolute Gasteiger partial charge is 0.392 e. The number of carbonyl (C=O) groups excluding carboxylic acids is 1. The summed E-state index contributed by atoms with van der Waals surface area (Å²) in [7, 11) is 0. The van der Waals surface area contributed by atoms with E-state index in [1.807, 2.05) is 6.92 Å². The Kier molecular flexibility index (Phi) is 4.82. The van der Waals surface area contributed by atoms with E-state index in [4.69, 9.17) is 4.52 Å². The van der Waals surface area contributed by atoms with Gasteiger partial charge in [-0.1, -0.05) is 12.1 Å². The van der Waals surface area contributed by atoms with Gasteiger partial charge in [0.1, 0.15) is 0 Å². The van der Waals surface area contributed by atoms with Gasteiger partial charge >= 0.3 is 0 Å². The molecule has 1 rings (SSSR count). The standard InChI is InChI=1S/C10H16N2O3S/c1-6-4-10(15-12-6)11-9(14)5-16-8(3)7(2)13/h4,7-8,13H,5H2,1-3H3,(H,11,14). The number of aliphatic hydroxyl groups is 1. The fraction of sp³-hybridized carbons (Fsp3) is 0.600. The predicted molar refractivity (Wildman–Crippen MR) is 63.5 cm³/mol. The van der Waals surface area contributed by atoms with Gasteiger partial charge in [0.15, 0.2) is 0 Å². The lowest BCUT2D eigenvalue weighted by atomic mass is 10.3. The van der Waals surface area contributed by atoms with Crippen LogP contribution >= 0.6 is 11.8 Å². The van der Waals surface area contributed by atoms with Gasteiger partial charge in [0, 0.05) is 11.3 Å². The van der Waals surface area contributed by atoms with E-state index in [0.29, 0.717) is 5.88 Å². The first kappa shape index (κ1) is 13.1. The molecule has 2 N–H and O–H groups in total. The molecule has 0 bridgehead atoms. The van der Waals surface area contributed by atoms with Crippen molar-refractivity contribution in [1.82, 2.24) is 5.16 Å². The van der Waals surface area contributed by atoms with Crippen molar-refractivity contribution in [2.24, 2.45) is 0 Å². The Labute approximate surface area is 98.6 Å². The number of anilines is 1. The topological polar surface area (TPSA) is 75.4 Å². The van der Waals surface area contributed by atoms with Crippen molar-refractivity contribution in [2.75, 3.05) is 11.1 Å². The Balaban J connectivity index is 2.31. The number of aliphatic hydroxyl groups excluding tert-OH is 1.